The Hall–Kier alpha value is -1.68. The molecule has 0 atom stereocenters. The molecule has 2 rings (SSSR count). The zero-order chi connectivity index (χ0) is 12.1. The second-order valence-corrected chi connectivity index (χ2v) is 4.76. The minimum atomic E-state index is 0.0315. The molecule has 0 aliphatic carbocycles. The van der Waals surface area contributed by atoms with Crippen molar-refractivity contribution in [1.82, 2.24) is 10.3 Å². The van der Waals surface area contributed by atoms with Gasteiger partial charge in [0, 0.05) is 11.1 Å². The van der Waals surface area contributed by atoms with Crippen molar-refractivity contribution in [2.75, 3.05) is 0 Å². The predicted molar refractivity (Wildman–Crippen MR) is 68.8 cm³/mol. The van der Waals surface area contributed by atoms with E-state index >= 15 is 0 Å². The van der Waals surface area contributed by atoms with Gasteiger partial charge in [-0.25, -0.2) is 4.98 Å². The first-order chi connectivity index (χ1) is 8.24. The fourth-order valence-corrected chi connectivity index (χ4v) is 2.21. The summed E-state index contributed by atoms with van der Waals surface area (Å²) in [6.45, 7) is 2.47. The number of thiazole rings is 1. The maximum absolute atomic E-state index is 11.7. The Morgan fingerprint density at radius 3 is 2.76 bits per heavy atom. The van der Waals surface area contributed by atoms with Gasteiger partial charge in [0.05, 0.1) is 13.0 Å². The van der Waals surface area contributed by atoms with Crippen LogP contribution in [0.15, 0.2) is 35.7 Å². The topological polar surface area (TPSA) is 42.0 Å². The van der Waals surface area contributed by atoms with Gasteiger partial charge in [-0.3, -0.25) is 4.79 Å². The van der Waals surface area contributed by atoms with Crippen LogP contribution in [0.2, 0.25) is 0 Å². The highest BCUT2D eigenvalue weighted by atomic mass is 32.1. The minimum absolute atomic E-state index is 0.0315. The number of aromatic nitrogens is 1. The van der Waals surface area contributed by atoms with Crippen molar-refractivity contribution in [3.8, 4) is 0 Å². The average molecular weight is 246 g/mol. The number of carbonyl (C=O) groups excluding carboxylic acids is 1. The molecule has 1 amide bonds. The molecule has 88 valence electrons. The summed E-state index contributed by atoms with van der Waals surface area (Å²) in [4.78, 5) is 16.0. The van der Waals surface area contributed by atoms with E-state index in [1.807, 2.05) is 42.6 Å². The number of rotatable bonds is 4. The highest BCUT2D eigenvalue weighted by Gasteiger charge is 2.04. The lowest BCUT2D eigenvalue weighted by molar-refractivity contribution is -0.120. The molecule has 2 aromatic rings. The molecule has 0 aliphatic heterocycles. The van der Waals surface area contributed by atoms with Gasteiger partial charge in [0.1, 0.15) is 5.01 Å². The molecular formula is C13H14N2OS. The Kier molecular flexibility index (Phi) is 3.88. The monoisotopic (exact) mass is 246 g/mol. The molecule has 1 aromatic heterocycles. The summed E-state index contributed by atoms with van der Waals surface area (Å²) in [7, 11) is 0. The highest BCUT2D eigenvalue weighted by molar-refractivity contribution is 7.09. The van der Waals surface area contributed by atoms with Crippen LogP contribution in [-0.2, 0) is 17.8 Å². The van der Waals surface area contributed by atoms with Crippen LogP contribution in [-0.4, -0.2) is 10.9 Å². The van der Waals surface area contributed by atoms with Gasteiger partial charge in [-0.05, 0) is 12.5 Å². The molecule has 0 saturated carbocycles. The number of nitrogens with zero attached hydrogens (tertiary/aromatic N) is 1. The quantitative estimate of drug-likeness (QED) is 0.899. The maximum atomic E-state index is 11.7. The summed E-state index contributed by atoms with van der Waals surface area (Å²) in [6, 6.07) is 9.72. The Labute approximate surface area is 105 Å². The third-order valence-electron chi connectivity index (χ3n) is 2.31. The van der Waals surface area contributed by atoms with Crippen molar-refractivity contribution in [2.24, 2.45) is 0 Å². The van der Waals surface area contributed by atoms with Crippen molar-refractivity contribution in [1.29, 1.82) is 0 Å². The van der Waals surface area contributed by atoms with E-state index in [4.69, 9.17) is 0 Å². The fourth-order valence-electron chi connectivity index (χ4n) is 1.50. The van der Waals surface area contributed by atoms with E-state index in [2.05, 4.69) is 10.3 Å². The van der Waals surface area contributed by atoms with Crippen molar-refractivity contribution in [3.05, 3.63) is 52.0 Å². The van der Waals surface area contributed by atoms with Crippen molar-refractivity contribution in [2.45, 2.75) is 19.9 Å². The molecular weight excluding hydrogens is 232 g/mol. The van der Waals surface area contributed by atoms with Gasteiger partial charge in [-0.2, -0.15) is 0 Å². The average Bonchev–Trinajstić information content (AvgIpc) is 2.74. The molecule has 17 heavy (non-hydrogen) atoms. The summed E-state index contributed by atoms with van der Waals surface area (Å²) >= 11 is 1.57. The van der Waals surface area contributed by atoms with Crippen LogP contribution in [0.1, 0.15) is 16.3 Å². The molecule has 4 heteroatoms. The Morgan fingerprint density at radius 2 is 2.12 bits per heavy atom. The molecule has 0 aliphatic rings. The number of hydrogen-bond acceptors (Lipinski definition) is 3. The van der Waals surface area contributed by atoms with Gasteiger partial charge in [-0.15, -0.1) is 11.3 Å². The van der Waals surface area contributed by atoms with Gasteiger partial charge in [0.2, 0.25) is 5.91 Å². The SMILES string of the molecule is Cc1csc(CNC(=O)Cc2ccccc2)n1. The first kappa shape index (κ1) is 11.8. The van der Waals surface area contributed by atoms with E-state index in [0.717, 1.165) is 16.3 Å². The van der Waals surface area contributed by atoms with E-state index in [9.17, 15) is 4.79 Å². The van der Waals surface area contributed by atoms with Crippen LogP contribution >= 0.6 is 11.3 Å². The second-order valence-electron chi connectivity index (χ2n) is 3.82. The third kappa shape index (κ3) is 3.67. The highest BCUT2D eigenvalue weighted by Crippen LogP contribution is 2.08. The number of nitrogens with one attached hydrogen (secondary N) is 1. The first-order valence-electron chi connectivity index (χ1n) is 5.45. The third-order valence-corrected chi connectivity index (χ3v) is 3.28. The molecule has 0 saturated heterocycles. The van der Waals surface area contributed by atoms with Gasteiger partial charge >= 0.3 is 0 Å². The normalized spacial score (nSPS) is 10.2. The largest absolute Gasteiger partial charge is 0.349 e. The lowest BCUT2D eigenvalue weighted by Gasteiger charge is -2.02. The number of benzene rings is 1. The molecule has 0 unspecified atom stereocenters. The van der Waals surface area contributed by atoms with Crippen LogP contribution in [0.3, 0.4) is 0 Å². The van der Waals surface area contributed by atoms with E-state index in [-0.39, 0.29) is 5.91 Å². The van der Waals surface area contributed by atoms with E-state index in [1.54, 1.807) is 11.3 Å². The summed E-state index contributed by atoms with van der Waals surface area (Å²) in [5.41, 5.74) is 2.03. The molecule has 1 aromatic carbocycles. The molecule has 0 bridgehead atoms. The first-order valence-corrected chi connectivity index (χ1v) is 6.33. The number of hydrogen-bond donors (Lipinski definition) is 1. The fraction of sp³-hybridized carbons (Fsp3) is 0.231. The molecule has 0 radical (unpaired) electrons. The van der Waals surface area contributed by atoms with Crippen LogP contribution in [0.25, 0.3) is 0 Å². The number of amides is 1. The van der Waals surface area contributed by atoms with Gasteiger partial charge in [0.25, 0.3) is 0 Å². The zero-order valence-electron chi connectivity index (χ0n) is 9.64. The zero-order valence-corrected chi connectivity index (χ0v) is 10.5. The van der Waals surface area contributed by atoms with Crippen molar-refractivity contribution < 1.29 is 4.79 Å². The van der Waals surface area contributed by atoms with E-state index in [0.29, 0.717) is 13.0 Å². The van der Waals surface area contributed by atoms with Crippen LogP contribution in [0, 0.1) is 6.92 Å². The summed E-state index contributed by atoms with van der Waals surface area (Å²) < 4.78 is 0. The summed E-state index contributed by atoms with van der Waals surface area (Å²) in [5.74, 6) is 0.0315. The Bertz CT molecular complexity index is 493. The Morgan fingerprint density at radius 1 is 1.35 bits per heavy atom. The lowest BCUT2D eigenvalue weighted by atomic mass is 10.1. The van der Waals surface area contributed by atoms with Gasteiger partial charge in [-0.1, -0.05) is 30.3 Å². The summed E-state index contributed by atoms with van der Waals surface area (Å²) in [5, 5.41) is 5.80. The van der Waals surface area contributed by atoms with Crippen molar-refractivity contribution in [3.63, 3.8) is 0 Å². The standard InChI is InChI=1S/C13H14N2OS/c1-10-9-17-13(15-10)8-14-12(16)7-11-5-3-2-4-6-11/h2-6,9H,7-8H2,1H3,(H,14,16). The summed E-state index contributed by atoms with van der Waals surface area (Å²) in [6.07, 6.45) is 0.422. The van der Waals surface area contributed by atoms with E-state index in [1.165, 1.54) is 0 Å². The van der Waals surface area contributed by atoms with Gasteiger partial charge < -0.3 is 5.32 Å². The lowest BCUT2D eigenvalue weighted by Crippen LogP contribution is -2.24. The predicted octanol–water partition coefficient (Wildman–Crippen LogP) is 2.31. The molecule has 0 spiro atoms. The minimum Gasteiger partial charge on any atom is -0.349 e. The van der Waals surface area contributed by atoms with Crippen LogP contribution in [0.4, 0.5) is 0 Å². The van der Waals surface area contributed by atoms with Gasteiger partial charge in [0.15, 0.2) is 0 Å². The molecule has 3 nitrogen and oxygen atoms in total. The molecule has 1 heterocycles. The van der Waals surface area contributed by atoms with Crippen molar-refractivity contribution >= 4 is 17.2 Å². The van der Waals surface area contributed by atoms with Crippen LogP contribution in [0.5, 0.6) is 0 Å². The number of aryl methyl sites for hydroxylation is 1. The molecule has 1 N–H and O–H groups in total. The Balaban J connectivity index is 1.82. The van der Waals surface area contributed by atoms with Crippen LogP contribution < -0.4 is 5.32 Å². The number of carbonyl (C=O) groups is 1. The molecule has 0 fully saturated rings. The smallest absolute Gasteiger partial charge is 0.224 e. The maximum Gasteiger partial charge on any atom is 0.224 e. The van der Waals surface area contributed by atoms with E-state index < -0.39 is 0 Å². The second kappa shape index (κ2) is 5.59.